The summed E-state index contributed by atoms with van der Waals surface area (Å²) in [4.78, 5) is 4.21. The van der Waals surface area contributed by atoms with E-state index in [1.807, 2.05) is 36.0 Å². The van der Waals surface area contributed by atoms with Gasteiger partial charge in [-0.25, -0.2) is 0 Å². The molecule has 0 spiro atoms. The lowest BCUT2D eigenvalue weighted by Gasteiger charge is -2.15. The summed E-state index contributed by atoms with van der Waals surface area (Å²) < 4.78 is 5.63. The quantitative estimate of drug-likeness (QED) is 0.299. The Morgan fingerprint density at radius 2 is 2.23 bits per heavy atom. The van der Waals surface area contributed by atoms with Gasteiger partial charge in [0.05, 0.1) is 11.6 Å². The van der Waals surface area contributed by atoms with Crippen molar-refractivity contribution in [1.82, 2.24) is 10.6 Å². The lowest BCUT2D eigenvalue weighted by Crippen LogP contribution is -2.41. The zero-order valence-corrected chi connectivity index (χ0v) is 16.6. The van der Waals surface area contributed by atoms with E-state index in [1.54, 1.807) is 7.05 Å². The van der Waals surface area contributed by atoms with Gasteiger partial charge >= 0.3 is 0 Å². The molecule has 1 unspecified atom stereocenters. The predicted octanol–water partition coefficient (Wildman–Crippen LogP) is 3.40. The molecule has 4 nitrogen and oxygen atoms in total. The molecule has 0 amide bonds. The first kappa shape index (κ1) is 19.7. The fourth-order valence-electron chi connectivity index (χ4n) is 2.13. The molecule has 124 valence electrons. The summed E-state index contributed by atoms with van der Waals surface area (Å²) in [5.41, 5.74) is 0. The molecule has 0 aliphatic carbocycles. The van der Waals surface area contributed by atoms with Crippen molar-refractivity contribution in [3.8, 4) is 5.75 Å². The highest BCUT2D eigenvalue weighted by Crippen LogP contribution is 2.25. The standard InChI is InChI=1S/C15H22ClN3OS.HI/c1-17-15(19-11-12-5-4-10-21-12)18-8-9-20-14-7-3-2-6-13(14)16;/h2-3,6-7,12H,4-5,8-11H2,1H3,(H2,17,18,19);1H. The van der Waals surface area contributed by atoms with Gasteiger partial charge in [0.25, 0.3) is 0 Å². The highest BCUT2D eigenvalue weighted by atomic mass is 127. The summed E-state index contributed by atoms with van der Waals surface area (Å²) in [5, 5.41) is 7.95. The molecule has 2 rings (SSSR count). The Kier molecular flexibility index (Phi) is 10.1. The molecule has 1 aliphatic rings. The minimum Gasteiger partial charge on any atom is -0.490 e. The van der Waals surface area contributed by atoms with E-state index in [-0.39, 0.29) is 24.0 Å². The maximum absolute atomic E-state index is 6.03. The predicted molar refractivity (Wildman–Crippen MR) is 107 cm³/mol. The van der Waals surface area contributed by atoms with Crippen molar-refractivity contribution in [2.75, 3.05) is 32.5 Å². The van der Waals surface area contributed by atoms with Gasteiger partial charge in [0.2, 0.25) is 0 Å². The van der Waals surface area contributed by atoms with Crippen molar-refractivity contribution in [3.05, 3.63) is 29.3 Å². The third kappa shape index (κ3) is 6.83. The van der Waals surface area contributed by atoms with E-state index in [1.165, 1.54) is 18.6 Å². The molecule has 1 atom stereocenters. The highest BCUT2D eigenvalue weighted by molar-refractivity contribution is 14.0. The number of hydrogen-bond donors (Lipinski definition) is 2. The van der Waals surface area contributed by atoms with E-state index in [2.05, 4.69) is 15.6 Å². The maximum atomic E-state index is 6.03. The van der Waals surface area contributed by atoms with Crippen LogP contribution in [0.1, 0.15) is 12.8 Å². The number of para-hydroxylation sites is 1. The highest BCUT2D eigenvalue weighted by Gasteiger charge is 2.15. The molecule has 22 heavy (non-hydrogen) atoms. The van der Waals surface area contributed by atoms with Crippen LogP contribution in [0.25, 0.3) is 0 Å². The molecule has 1 aromatic carbocycles. The molecule has 1 saturated heterocycles. The van der Waals surface area contributed by atoms with Crippen molar-refractivity contribution in [2.45, 2.75) is 18.1 Å². The van der Waals surface area contributed by atoms with Crippen LogP contribution in [0.15, 0.2) is 29.3 Å². The summed E-state index contributed by atoms with van der Waals surface area (Å²) in [7, 11) is 1.78. The fraction of sp³-hybridized carbons (Fsp3) is 0.533. The van der Waals surface area contributed by atoms with Crippen molar-refractivity contribution >= 4 is 53.3 Å². The van der Waals surface area contributed by atoms with Gasteiger partial charge in [0.15, 0.2) is 5.96 Å². The molecule has 2 N–H and O–H groups in total. The van der Waals surface area contributed by atoms with Gasteiger partial charge in [-0.15, -0.1) is 24.0 Å². The van der Waals surface area contributed by atoms with E-state index >= 15 is 0 Å². The first-order chi connectivity index (χ1) is 10.3. The average molecular weight is 456 g/mol. The Bertz CT molecular complexity index is 470. The van der Waals surface area contributed by atoms with Crippen LogP contribution >= 0.6 is 47.3 Å². The number of rotatable bonds is 6. The molecule has 0 saturated carbocycles. The second-order valence-electron chi connectivity index (χ2n) is 4.79. The number of halogens is 2. The van der Waals surface area contributed by atoms with Crippen molar-refractivity contribution in [3.63, 3.8) is 0 Å². The summed E-state index contributed by atoms with van der Waals surface area (Å²) >= 11 is 8.07. The summed E-state index contributed by atoms with van der Waals surface area (Å²) in [6.07, 6.45) is 2.62. The van der Waals surface area contributed by atoms with E-state index in [4.69, 9.17) is 16.3 Å². The van der Waals surface area contributed by atoms with E-state index in [0.717, 1.165) is 12.5 Å². The smallest absolute Gasteiger partial charge is 0.191 e. The molecule has 0 radical (unpaired) electrons. The van der Waals surface area contributed by atoms with Gasteiger partial charge in [-0.3, -0.25) is 4.99 Å². The number of benzene rings is 1. The van der Waals surface area contributed by atoms with Crippen LogP contribution in [0.5, 0.6) is 5.75 Å². The van der Waals surface area contributed by atoms with Crippen molar-refractivity contribution < 1.29 is 4.74 Å². The normalized spacial score (nSPS) is 17.7. The van der Waals surface area contributed by atoms with Crippen LogP contribution in [0.2, 0.25) is 5.02 Å². The Morgan fingerprint density at radius 1 is 1.41 bits per heavy atom. The number of thioether (sulfide) groups is 1. The zero-order valence-electron chi connectivity index (χ0n) is 12.7. The largest absolute Gasteiger partial charge is 0.490 e. The second kappa shape index (κ2) is 11.2. The zero-order chi connectivity index (χ0) is 14.9. The van der Waals surface area contributed by atoms with Crippen LogP contribution in [0.4, 0.5) is 0 Å². The summed E-state index contributed by atoms with van der Waals surface area (Å²) in [6.45, 7) is 2.20. The first-order valence-corrected chi connectivity index (χ1v) is 8.65. The third-order valence-electron chi connectivity index (χ3n) is 3.23. The number of nitrogens with zero attached hydrogens (tertiary/aromatic N) is 1. The topological polar surface area (TPSA) is 45.7 Å². The molecular formula is C15H23ClIN3OS. The molecule has 1 heterocycles. The minimum absolute atomic E-state index is 0. The minimum atomic E-state index is 0. The van der Waals surface area contributed by atoms with E-state index in [9.17, 15) is 0 Å². The third-order valence-corrected chi connectivity index (χ3v) is 4.94. The van der Waals surface area contributed by atoms with Crippen molar-refractivity contribution in [2.24, 2.45) is 4.99 Å². The summed E-state index contributed by atoms with van der Waals surface area (Å²) in [5.74, 6) is 2.82. The number of ether oxygens (including phenoxy) is 1. The van der Waals surface area contributed by atoms with Crippen LogP contribution in [-0.2, 0) is 0 Å². The Balaban J connectivity index is 0.00000242. The monoisotopic (exact) mass is 455 g/mol. The van der Waals surface area contributed by atoms with Gasteiger partial charge in [-0.05, 0) is 30.7 Å². The van der Waals surface area contributed by atoms with E-state index < -0.39 is 0 Å². The SMILES string of the molecule is CN=C(NCCOc1ccccc1Cl)NCC1CCCS1.I. The average Bonchev–Trinajstić information content (AvgIpc) is 3.01. The van der Waals surface area contributed by atoms with Crippen LogP contribution in [-0.4, -0.2) is 43.7 Å². The Morgan fingerprint density at radius 3 is 2.91 bits per heavy atom. The number of hydrogen-bond acceptors (Lipinski definition) is 3. The summed E-state index contributed by atoms with van der Waals surface area (Å²) in [6, 6.07) is 7.49. The van der Waals surface area contributed by atoms with Crippen LogP contribution in [0, 0.1) is 0 Å². The van der Waals surface area contributed by atoms with Gasteiger partial charge in [0.1, 0.15) is 12.4 Å². The van der Waals surface area contributed by atoms with Gasteiger partial charge in [-0.1, -0.05) is 23.7 Å². The molecule has 0 bridgehead atoms. The first-order valence-electron chi connectivity index (χ1n) is 7.23. The Labute approximate surface area is 158 Å². The molecule has 7 heteroatoms. The molecule has 1 aliphatic heterocycles. The maximum Gasteiger partial charge on any atom is 0.191 e. The lowest BCUT2D eigenvalue weighted by atomic mass is 10.2. The number of guanidine groups is 1. The lowest BCUT2D eigenvalue weighted by molar-refractivity contribution is 0.322. The molecule has 1 aromatic rings. The van der Waals surface area contributed by atoms with Crippen LogP contribution in [0.3, 0.4) is 0 Å². The van der Waals surface area contributed by atoms with Crippen molar-refractivity contribution in [1.29, 1.82) is 0 Å². The molecular weight excluding hydrogens is 433 g/mol. The molecule has 1 fully saturated rings. The van der Waals surface area contributed by atoms with Gasteiger partial charge < -0.3 is 15.4 Å². The molecule has 0 aromatic heterocycles. The van der Waals surface area contributed by atoms with E-state index in [0.29, 0.717) is 29.2 Å². The fourth-order valence-corrected chi connectivity index (χ4v) is 3.52. The Hall–Kier alpha value is -0.340. The number of aliphatic imine (C=N–C) groups is 1. The van der Waals surface area contributed by atoms with Crippen LogP contribution < -0.4 is 15.4 Å². The second-order valence-corrected chi connectivity index (χ2v) is 6.61. The van der Waals surface area contributed by atoms with Gasteiger partial charge in [0, 0.05) is 18.8 Å². The van der Waals surface area contributed by atoms with Gasteiger partial charge in [-0.2, -0.15) is 11.8 Å². The number of nitrogens with one attached hydrogen (secondary N) is 2.